The van der Waals surface area contributed by atoms with E-state index in [1.807, 2.05) is 31.2 Å². The minimum Gasteiger partial charge on any atom is -0.507 e. The van der Waals surface area contributed by atoms with Crippen LogP contribution in [0, 0.1) is 6.92 Å². The van der Waals surface area contributed by atoms with Gasteiger partial charge in [-0.25, -0.2) is 4.98 Å². The van der Waals surface area contributed by atoms with Crippen LogP contribution >= 0.6 is 11.3 Å². The zero-order chi connectivity index (χ0) is 23.8. The molecule has 0 aliphatic carbocycles. The van der Waals surface area contributed by atoms with E-state index in [0.29, 0.717) is 52.4 Å². The van der Waals surface area contributed by atoms with Gasteiger partial charge < -0.3 is 14.6 Å². The Kier molecular flexibility index (Phi) is 6.40. The van der Waals surface area contributed by atoms with Crippen LogP contribution in [0.5, 0.6) is 5.75 Å². The highest BCUT2D eigenvalue weighted by Gasteiger charge is 2.23. The van der Waals surface area contributed by atoms with Crippen LogP contribution < -0.4 is 5.43 Å². The summed E-state index contributed by atoms with van der Waals surface area (Å²) in [6.45, 7) is 8.60. The van der Waals surface area contributed by atoms with Crippen LogP contribution in [0.15, 0.2) is 39.5 Å². The van der Waals surface area contributed by atoms with Gasteiger partial charge in [0.25, 0.3) is 0 Å². The maximum Gasteiger partial charge on any atom is 0.203 e. The standard InChI is InChI=1S/C26H29N3O4S/c1-3-20-22(26-27-19-6-4-5-7-21(19)34-26)24(32)18-14-17(23(31)16(2)25(18)33-20)15-29-10-8-28(9-11-29)12-13-30/h4-7,14,30-31H,3,8-13,15H2,1-2H3. The molecule has 0 unspecified atom stereocenters. The van der Waals surface area contributed by atoms with Crippen LogP contribution in [0.4, 0.5) is 0 Å². The summed E-state index contributed by atoms with van der Waals surface area (Å²) in [6, 6.07) is 9.66. The van der Waals surface area contributed by atoms with Gasteiger partial charge in [0.05, 0.1) is 27.8 Å². The second kappa shape index (κ2) is 9.46. The minimum absolute atomic E-state index is 0.103. The molecule has 1 fully saturated rings. The van der Waals surface area contributed by atoms with Crippen LogP contribution in [0.25, 0.3) is 31.8 Å². The molecule has 0 atom stereocenters. The first-order chi connectivity index (χ1) is 16.5. The van der Waals surface area contributed by atoms with Crippen molar-refractivity contribution in [2.45, 2.75) is 26.8 Å². The smallest absolute Gasteiger partial charge is 0.203 e. The number of phenolic OH excluding ortho intramolecular Hbond substituents is 1. The van der Waals surface area contributed by atoms with Crippen molar-refractivity contribution >= 4 is 32.5 Å². The van der Waals surface area contributed by atoms with Gasteiger partial charge in [-0.05, 0) is 25.1 Å². The van der Waals surface area contributed by atoms with Gasteiger partial charge in [0.1, 0.15) is 22.1 Å². The van der Waals surface area contributed by atoms with Crippen molar-refractivity contribution in [2.75, 3.05) is 39.3 Å². The summed E-state index contributed by atoms with van der Waals surface area (Å²) in [6.07, 6.45) is 0.552. The number of aromatic nitrogens is 1. The Hall–Kier alpha value is -2.78. The number of piperazine rings is 1. The Morgan fingerprint density at radius 1 is 1.15 bits per heavy atom. The zero-order valence-electron chi connectivity index (χ0n) is 19.5. The quantitative estimate of drug-likeness (QED) is 0.435. The molecule has 4 aromatic rings. The second-order valence-electron chi connectivity index (χ2n) is 8.80. The van der Waals surface area contributed by atoms with E-state index in [0.717, 1.165) is 42.0 Å². The van der Waals surface area contributed by atoms with Crippen LogP contribution in [0.3, 0.4) is 0 Å². The molecule has 2 N–H and O–H groups in total. The number of rotatable bonds is 6. The number of β-amino-alcohol motifs (C(OH)–C–C–N with tert-alkyl or cyclic N) is 1. The normalized spacial score (nSPS) is 15.5. The lowest BCUT2D eigenvalue weighted by molar-refractivity contribution is 0.108. The number of hydrogen-bond donors (Lipinski definition) is 2. The number of nitrogens with zero attached hydrogens (tertiary/aromatic N) is 3. The van der Waals surface area contributed by atoms with E-state index in [9.17, 15) is 9.90 Å². The second-order valence-corrected chi connectivity index (χ2v) is 9.83. The van der Waals surface area contributed by atoms with E-state index in [1.54, 1.807) is 13.0 Å². The molecule has 34 heavy (non-hydrogen) atoms. The number of benzene rings is 2. The first-order valence-corrected chi connectivity index (χ1v) is 12.5. The summed E-state index contributed by atoms with van der Waals surface area (Å²) >= 11 is 1.50. The molecule has 0 radical (unpaired) electrons. The number of aliphatic hydroxyl groups excluding tert-OH is 1. The number of fused-ring (bicyclic) bond motifs is 2. The first kappa shape index (κ1) is 23.0. The summed E-state index contributed by atoms with van der Waals surface area (Å²) < 4.78 is 7.26. The number of aryl methyl sites for hydroxylation is 2. The lowest BCUT2D eigenvalue weighted by Crippen LogP contribution is -2.46. The van der Waals surface area contributed by atoms with Gasteiger partial charge in [-0.15, -0.1) is 11.3 Å². The summed E-state index contributed by atoms with van der Waals surface area (Å²) in [5.74, 6) is 0.773. The molecule has 0 spiro atoms. The van der Waals surface area contributed by atoms with Crippen molar-refractivity contribution in [1.29, 1.82) is 0 Å². The molecule has 2 aromatic heterocycles. The third-order valence-electron chi connectivity index (χ3n) is 6.64. The average Bonchev–Trinajstić information content (AvgIpc) is 3.27. The van der Waals surface area contributed by atoms with Crippen LogP contribution in [-0.4, -0.2) is 64.3 Å². The van der Waals surface area contributed by atoms with Gasteiger partial charge in [0.15, 0.2) is 0 Å². The largest absolute Gasteiger partial charge is 0.507 e. The molecule has 178 valence electrons. The van der Waals surface area contributed by atoms with Crippen LogP contribution in [0.1, 0.15) is 23.8 Å². The predicted molar refractivity (Wildman–Crippen MR) is 136 cm³/mol. The molecule has 8 heteroatoms. The van der Waals surface area contributed by atoms with E-state index in [4.69, 9.17) is 14.5 Å². The van der Waals surface area contributed by atoms with Crippen molar-refractivity contribution in [3.05, 3.63) is 57.4 Å². The fourth-order valence-electron chi connectivity index (χ4n) is 4.71. The zero-order valence-corrected chi connectivity index (χ0v) is 20.3. The number of hydrogen-bond acceptors (Lipinski definition) is 8. The maximum atomic E-state index is 13.8. The van der Waals surface area contributed by atoms with Gasteiger partial charge in [-0.1, -0.05) is 19.1 Å². The number of aromatic hydroxyl groups is 1. The highest BCUT2D eigenvalue weighted by Crippen LogP contribution is 2.36. The first-order valence-electron chi connectivity index (χ1n) is 11.7. The Labute approximate surface area is 201 Å². The third kappa shape index (κ3) is 4.11. The molecular weight excluding hydrogens is 450 g/mol. The van der Waals surface area contributed by atoms with E-state index in [2.05, 4.69) is 9.80 Å². The average molecular weight is 480 g/mol. The Morgan fingerprint density at radius 3 is 2.59 bits per heavy atom. The number of para-hydroxylation sites is 1. The Bertz CT molecular complexity index is 1370. The topological polar surface area (TPSA) is 90.0 Å². The number of aliphatic hydroxyl groups is 1. The molecule has 1 saturated heterocycles. The molecule has 2 aromatic carbocycles. The van der Waals surface area contributed by atoms with Crippen LogP contribution in [-0.2, 0) is 13.0 Å². The fourth-order valence-corrected chi connectivity index (χ4v) is 5.74. The van der Waals surface area contributed by atoms with Gasteiger partial charge >= 0.3 is 0 Å². The molecule has 0 bridgehead atoms. The van der Waals surface area contributed by atoms with E-state index in [-0.39, 0.29) is 17.8 Å². The van der Waals surface area contributed by atoms with Gasteiger partial charge in [0, 0.05) is 56.8 Å². The lowest BCUT2D eigenvalue weighted by atomic mass is 10.0. The fraction of sp³-hybridized carbons (Fsp3) is 0.385. The Morgan fingerprint density at radius 2 is 1.88 bits per heavy atom. The molecule has 0 amide bonds. The monoisotopic (exact) mass is 479 g/mol. The Balaban J connectivity index is 1.57. The number of thiazole rings is 1. The summed E-state index contributed by atoms with van der Waals surface area (Å²) in [4.78, 5) is 23.0. The van der Waals surface area contributed by atoms with Crippen molar-refractivity contribution in [3.63, 3.8) is 0 Å². The molecule has 1 aliphatic heterocycles. The SMILES string of the molecule is CCc1oc2c(C)c(O)c(CN3CCN(CCO)CC3)cc2c(=O)c1-c1nc2ccccc2s1. The van der Waals surface area contributed by atoms with E-state index < -0.39 is 0 Å². The summed E-state index contributed by atoms with van der Waals surface area (Å²) in [5.41, 5.74) is 3.05. The predicted octanol–water partition coefficient (Wildman–Crippen LogP) is 3.76. The highest BCUT2D eigenvalue weighted by molar-refractivity contribution is 7.21. The molecule has 1 aliphatic rings. The van der Waals surface area contributed by atoms with Crippen molar-refractivity contribution in [1.82, 2.24) is 14.8 Å². The van der Waals surface area contributed by atoms with Gasteiger partial charge in [-0.3, -0.25) is 14.6 Å². The van der Waals surface area contributed by atoms with E-state index >= 15 is 0 Å². The molecule has 0 saturated carbocycles. The molecule has 3 heterocycles. The van der Waals surface area contributed by atoms with Gasteiger partial charge in [0.2, 0.25) is 5.43 Å². The van der Waals surface area contributed by atoms with Crippen molar-refractivity contribution in [2.24, 2.45) is 0 Å². The van der Waals surface area contributed by atoms with Crippen LogP contribution in [0.2, 0.25) is 0 Å². The number of phenols is 1. The van der Waals surface area contributed by atoms with E-state index in [1.165, 1.54) is 11.3 Å². The molecular formula is C26H29N3O4S. The molecule has 5 rings (SSSR count). The van der Waals surface area contributed by atoms with Crippen molar-refractivity contribution < 1.29 is 14.6 Å². The highest BCUT2D eigenvalue weighted by atomic mass is 32.1. The summed E-state index contributed by atoms with van der Waals surface area (Å²) in [7, 11) is 0. The van der Waals surface area contributed by atoms with Crippen molar-refractivity contribution in [3.8, 4) is 16.3 Å². The summed E-state index contributed by atoms with van der Waals surface area (Å²) in [5, 5.41) is 21.3. The lowest BCUT2D eigenvalue weighted by Gasteiger charge is -2.34. The minimum atomic E-state index is -0.103. The maximum absolute atomic E-state index is 13.8. The van der Waals surface area contributed by atoms with Gasteiger partial charge in [-0.2, -0.15) is 0 Å². The molecule has 7 nitrogen and oxygen atoms in total. The third-order valence-corrected chi connectivity index (χ3v) is 7.70.